The van der Waals surface area contributed by atoms with Gasteiger partial charge in [-0.15, -0.1) is 0 Å². The number of nitrogens with one attached hydrogen (secondary N) is 1. The minimum Gasteiger partial charge on any atom is -0.510 e. The van der Waals surface area contributed by atoms with Crippen LogP contribution in [0, 0.1) is 5.41 Å². The predicted molar refractivity (Wildman–Crippen MR) is 42.1 cm³/mol. The Balaban J connectivity index is 2.80. The molecule has 1 rings (SSSR count). The fourth-order valence-electron chi connectivity index (χ4n) is 1.14. The van der Waals surface area contributed by atoms with E-state index in [-0.39, 0.29) is 23.1 Å². The second-order valence-electron chi connectivity index (χ2n) is 3.88. The Morgan fingerprint density at radius 2 is 2.09 bits per heavy atom. The Morgan fingerprint density at radius 1 is 1.55 bits per heavy atom. The number of aliphatic hydroxyl groups excluding tert-OH is 1. The van der Waals surface area contributed by atoms with E-state index >= 15 is 0 Å². The third-order valence-corrected chi connectivity index (χ3v) is 1.73. The van der Waals surface area contributed by atoms with Crippen molar-refractivity contribution in [2.75, 3.05) is 0 Å². The van der Waals surface area contributed by atoms with Crippen LogP contribution in [-0.4, -0.2) is 17.1 Å². The maximum Gasteiger partial charge on any atom is 0.248 e. The molecule has 11 heavy (non-hydrogen) atoms. The summed E-state index contributed by atoms with van der Waals surface area (Å²) in [6.07, 6.45) is 1.23. The molecule has 0 aromatic carbocycles. The Morgan fingerprint density at radius 3 is 2.27 bits per heavy atom. The standard InChI is InChI=1S/C8H13NO2/c1-8(2,3)7-5(10)4-6(11)9-7/h4,7,10H,1-3H3,(H,9,11)/t7-/m1/s1. The molecule has 0 radical (unpaired) electrons. The lowest BCUT2D eigenvalue weighted by molar-refractivity contribution is -0.116. The van der Waals surface area contributed by atoms with Crippen LogP contribution in [0.1, 0.15) is 20.8 Å². The molecule has 0 aromatic rings. The van der Waals surface area contributed by atoms with Gasteiger partial charge in [0.15, 0.2) is 0 Å². The molecule has 3 heteroatoms. The van der Waals surface area contributed by atoms with E-state index in [1.165, 1.54) is 6.08 Å². The van der Waals surface area contributed by atoms with Crippen molar-refractivity contribution >= 4 is 5.91 Å². The lowest BCUT2D eigenvalue weighted by Crippen LogP contribution is -2.39. The predicted octanol–water partition coefficient (Wildman–Crippen LogP) is 0.973. The minimum atomic E-state index is -0.227. The first-order chi connectivity index (χ1) is 4.91. The number of hydrogen-bond acceptors (Lipinski definition) is 2. The molecule has 1 amide bonds. The normalized spacial score (nSPS) is 24.8. The topological polar surface area (TPSA) is 49.3 Å². The van der Waals surface area contributed by atoms with Gasteiger partial charge in [-0.3, -0.25) is 4.79 Å². The van der Waals surface area contributed by atoms with Crippen LogP contribution in [0.15, 0.2) is 11.8 Å². The quantitative estimate of drug-likeness (QED) is 0.547. The van der Waals surface area contributed by atoms with Crippen molar-refractivity contribution in [1.29, 1.82) is 0 Å². The van der Waals surface area contributed by atoms with Gasteiger partial charge in [0.05, 0.1) is 6.04 Å². The van der Waals surface area contributed by atoms with E-state index in [2.05, 4.69) is 5.32 Å². The number of hydrogen-bond donors (Lipinski definition) is 2. The molecule has 0 unspecified atom stereocenters. The van der Waals surface area contributed by atoms with Gasteiger partial charge in [0.25, 0.3) is 0 Å². The zero-order valence-electron chi connectivity index (χ0n) is 7.01. The molecule has 0 aliphatic carbocycles. The summed E-state index contributed by atoms with van der Waals surface area (Å²) in [5.41, 5.74) is -0.118. The van der Waals surface area contributed by atoms with Crippen molar-refractivity contribution in [2.24, 2.45) is 5.41 Å². The van der Waals surface area contributed by atoms with Crippen molar-refractivity contribution in [3.8, 4) is 0 Å². The lowest BCUT2D eigenvalue weighted by atomic mass is 9.87. The van der Waals surface area contributed by atoms with Crippen LogP contribution in [0.5, 0.6) is 0 Å². The molecule has 1 aliphatic rings. The van der Waals surface area contributed by atoms with Crippen LogP contribution in [-0.2, 0) is 4.79 Å². The van der Waals surface area contributed by atoms with Crippen molar-refractivity contribution in [2.45, 2.75) is 26.8 Å². The Kier molecular flexibility index (Phi) is 1.66. The molecule has 0 saturated heterocycles. The third kappa shape index (κ3) is 1.53. The van der Waals surface area contributed by atoms with Gasteiger partial charge in [0.2, 0.25) is 5.91 Å². The SMILES string of the molecule is CC(C)(C)[C@@H]1NC(=O)C=C1O. The molecule has 0 fully saturated rings. The van der Waals surface area contributed by atoms with Gasteiger partial charge in [-0.2, -0.15) is 0 Å². The molecule has 62 valence electrons. The number of aliphatic hydroxyl groups is 1. The second kappa shape index (κ2) is 2.26. The molecule has 1 atom stereocenters. The van der Waals surface area contributed by atoms with Crippen LogP contribution in [0.25, 0.3) is 0 Å². The first-order valence-electron chi connectivity index (χ1n) is 3.62. The monoisotopic (exact) mass is 155 g/mol. The molecular weight excluding hydrogens is 142 g/mol. The van der Waals surface area contributed by atoms with Gasteiger partial charge in [0.1, 0.15) is 5.76 Å². The number of carbonyl (C=O) groups excluding carboxylic acids is 1. The van der Waals surface area contributed by atoms with Gasteiger partial charge in [0, 0.05) is 6.08 Å². The van der Waals surface area contributed by atoms with E-state index in [4.69, 9.17) is 0 Å². The maximum absolute atomic E-state index is 10.8. The molecule has 3 nitrogen and oxygen atoms in total. The van der Waals surface area contributed by atoms with Crippen LogP contribution >= 0.6 is 0 Å². The summed E-state index contributed by atoms with van der Waals surface area (Å²) in [5.74, 6) is -0.0649. The molecular formula is C8H13NO2. The summed E-state index contributed by atoms with van der Waals surface area (Å²) >= 11 is 0. The maximum atomic E-state index is 10.8. The van der Waals surface area contributed by atoms with Gasteiger partial charge in [-0.1, -0.05) is 20.8 Å². The van der Waals surface area contributed by atoms with Crippen molar-refractivity contribution in [1.82, 2.24) is 5.32 Å². The molecule has 2 N–H and O–H groups in total. The molecule has 0 saturated carbocycles. The highest BCUT2D eigenvalue weighted by Gasteiger charge is 2.33. The summed E-state index contributed by atoms with van der Waals surface area (Å²) in [6, 6.07) is -0.227. The molecule has 0 bridgehead atoms. The molecule has 1 aliphatic heterocycles. The molecule has 1 heterocycles. The summed E-state index contributed by atoms with van der Waals surface area (Å²) in [5, 5.41) is 11.9. The zero-order valence-corrected chi connectivity index (χ0v) is 7.01. The highest BCUT2D eigenvalue weighted by molar-refractivity contribution is 5.91. The fraction of sp³-hybridized carbons (Fsp3) is 0.625. The molecule has 0 aromatic heterocycles. The van der Waals surface area contributed by atoms with Crippen molar-refractivity contribution in [3.63, 3.8) is 0 Å². The average molecular weight is 155 g/mol. The second-order valence-corrected chi connectivity index (χ2v) is 3.88. The summed E-state index contributed by atoms with van der Waals surface area (Å²) in [4.78, 5) is 10.8. The lowest BCUT2D eigenvalue weighted by Gasteiger charge is -2.26. The Hall–Kier alpha value is -0.990. The first kappa shape index (κ1) is 8.11. The highest BCUT2D eigenvalue weighted by Crippen LogP contribution is 2.26. The van der Waals surface area contributed by atoms with Gasteiger partial charge in [-0.05, 0) is 5.41 Å². The van der Waals surface area contributed by atoms with E-state index in [0.717, 1.165) is 0 Å². The van der Waals surface area contributed by atoms with E-state index in [9.17, 15) is 9.90 Å². The minimum absolute atomic E-state index is 0.118. The third-order valence-electron chi connectivity index (χ3n) is 1.73. The van der Waals surface area contributed by atoms with Crippen molar-refractivity contribution < 1.29 is 9.90 Å². The largest absolute Gasteiger partial charge is 0.510 e. The van der Waals surface area contributed by atoms with Gasteiger partial charge >= 0.3 is 0 Å². The summed E-state index contributed by atoms with van der Waals surface area (Å²) < 4.78 is 0. The van der Waals surface area contributed by atoms with Crippen LogP contribution < -0.4 is 5.32 Å². The number of carbonyl (C=O) groups is 1. The summed E-state index contributed by atoms with van der Waals surface area (Å²) in [6.45, 7) is 5.90. The van der Waals surface area contributed by atoms with E-state index in [1.54, 1.807) is 0 Å². The molecule has 0 spiro atoms. The Labute approximate surface area is 66.1 Å². The fourth-order valence-corrected chi connectivity index (χ4v) is 1.14. The van der Waals surface area contributed by atoms with Gasteiger partial charge in [-0.25, -0.2) is 0 Å². The smallest absolute Gasteiger partial charge is 0.248 e. The van der Waals surface area contributed by atoms with E-state index in [0.29, 0.717) is 0 Å². The van der Waals surface area contributed by atoms with E-state index < -0.39 is 0 Å². The summed E-state index contributed by atoms with van der Waals surface area (Å²) in [7, 11) is 0. The van der Waals surface area contributed by atoms with Crippen molar-refractivity contribution in [3.05, 3.63) is 11.8 Å². The zero-order chi connectivity index (χ0) is 8.65. The van der Waals surface area contributed by atoms with Crippen LogP contribution in [0.2, 0.25) is 0 Å². The van der Waals surface area contributed by atoms with Crippen LogP contribution in [0.4, 0.5) is 0 Å². The Bertz CT molecular complexity index is 213. The number of amides is 1. The van der Waals surface area contributed by atoms with E-state index in [1.807, 2.05) is 20.8 Å². The average Bonchev–Trinajstić information content (AvgIpc) is 2.08. The van der Waals surface area contributed by atoms with Gasteiger partial charge < -0.3 is 10.4 Å². The highest BCUT2D eigenvalue weighted by atomic mass is 16.3. The van der Waals surface area contributed by atoms with Crippen LogP contribution in [0.3, 0.4) is 0 Å². The first-order valence-corrected chi connectivity index (χ1v) is 3.62. The number of rotatable bonds is 0.